The van der Waals surface area contributed by atoms with Crippen molar-refractivity contribution in [2.45, 2.75) is 32.4 Å². The molecule has 1 aliphatic heterocycles. The fourth-order valence-corrected chi connectivity index (χ4v) is 4.40. The molecule has 0 radical (unpaired) electrons. The zero-order valence-electron chi connectivity index (χ0n) is 19.0. The molecule has 1 N–H and O–H groups in total. The number of ether oxygens (including phenoxy) is 1. The number of hydrogen-bond acceptors (Lipinski definition) is 4. The van der Waals surface area contributed by atoms with Crippen molar-refractivity contribution >= 4 is 11.6 Å². The van der Waals surface area contributed by atoms with Crippen molar-refractivity contribution in [1.29, 1.82) is 0 Å². The van der Waals surface area contributed by atoms with Gasteiger partial charge in [0, 0.05) is 36.9 Å². The second kappa shape index (κ2) is 10.0. The summed E-state index contributed by atoms with van der Waals surface area (Å²) in [6.45, 7) is 4.11. The lowest BCUT2D eigenvalue weighted by molar-refractivity contribution is 0.0954. The molecule has 0 aliphatic carbocycles. The first-order valence-corrected chi connectivity index (χ1v) is 11.2. The molecule has 172 valence electrons. The predicted molar refractivity (Wildman–Crippen MR) is 127 cm³/mol. The van der Waals surface area contributed by atoms with Gasteiger partial charge >= 0.3 is 0 Å². The number of aryl methyl sites for hydroxylation is 1. The third-order valence-electron chi connectivity index (χ3n) is 6.25. The molecular weight excluding hydrogens is 419 g/mol. The first-order chi connectivity index (χ1) is 16.0. The first kappa shape index (κ1) is 22.8. The summed E-state index contributed by atoms with van der Waals surface area (Å²) in [4.78, 5) is 17.5. The number of para-hydroxylation sites is 1. The van der Waals surface area contributed by atoms with Crippen LogP contribution in [0.3, 0.4) is 0 Å². The average molecular weight is 449 g/mol. The van der Waals surface area contributed by atoms with Gasteiger partial charge in [-0.2, -0.15) is 0 Å². The lowest BCUT2D eigenvalue weighted by Gasteiger charge is -2.39. The zero-order chi connectivity index (χ0) is 23.4. The molecule has 0 aromatic heterocycles. The Balaban J connectivity index is 1.53. The molecule has 6 heteroatoms. The van der Waals surface area contributed by atoms with Crippen LogP contribution in [0.4, 0.5) is 10.1 Å². The Hall–Kier alpha value is -3.38. The van der Waals surface area contributed by atoms with E-state index in [1.807, 2.05) is 43.3 Å². The molecule has 1 amide bonds. The second-order valence-corrected chi connectivity index (χ2v) is 8.47. The Labute approximate surface area is 194 Å². The van der Waals surface area contributed by atoms with E-state index in [4.69, 9.17) is 4.74 Å². The monoisotopic (exact) mass is 448 g/mol. The molecule has 3 aromatic rings. The van der Waals surface area contributed by atoms with Crippen LogP contribution in [-0.2, 0) is 6.54 Å². The van der Waals surface area contributed by atoms with Crippen LogP contribution < -0.4 is 9.64 Å². The number of anilines is 1. The summed E-state index contributed by atoms with van der Waals surface area (Å²) in [5.41, 5.74) is 2.77. The van der Waals surface area contributed by atoms with Gasteiger partial charge in [-0.1, -0.05) is 42.0 Å². The number of benzene rings is 3. The number of halogens is 1. The molecule has 1 saturated heterocycles. The Morgan fingerprint density at radius 2 is 1.76 bits per heavy atom. The van der Waals surface area contributed by atoms with Gasteiger partial charge in [0.2, 0.25) is 0 Å². The minimum atomic E-state index is -0.509. The Bertz CT molecular complexity index is 1110. The number of phenols is 1. The summed E-state index contributed by atoms with van der Waals surface area (Å²) in [6, 6.07) is 19.4. The van der Waals surface area contributed by atoms with Gasteiger partial charge in [-0.15, -0.1) is 0 Å². The minimum absolute atomic E-state index is 0.0463. The molecule has 0 unspecified atom stereocenters. The Morgan fingerprint density at radius 1 is 1.06 bits per heavy atom. The van der Waals surface area contributed by atoms with E-state index < -0.39 is 5.82 Å². The highest BCUT2D eigenvalue weighted by Crippen LogP contribution is 2.32. The quantitative estimate of drug-likeness (QED) is 0.566. The molecule has 1 aliphatic rings. The number of likely N-dealkylation sites (tertiary alicyclic amines) is 1. The van der Waals surface area contributed by atoms with Crippen LogP contribution in [0.1, 0.15) is 34.3 Å². The molecule has 3 aromatic carbocycles. The highest BCUT2D eigenvalue weighted by atomic mass is 19.1. The molecule has 0 saturated carbocycles. The first-order valence-electron chi connectivity index (χ1n) is 11.2. The molecule has 1 fully saturated rings. The third-order valence-corrected chi connectivity index (χ3v) is 6.25. The number of rotatable bonds is 6. The standard InChI is InChI=1S/C27H29FN2O3/c1-19-10-12-21(13-11-19)30(27(32)23-7-3-4-8-24(23)28)22-14-16-29(17-15-22)18-20-6-5-9-25(33-2)26(20)31/h3-13,22,31H,14-18H2,1-2H3. The molecule has 5 nitrogen and oxygen atoms in total. The van der Waals surface area contributed by atoms with Crippen LogP contribution in [0.5, 0.6) is 11.5 Å². The van der Waals surface area contributed by atoms with Crippen molar-refractivity contribution in [2.24, 2.45) is 0 Å². The molecular formula is C27H29FN2O3. The maximum absolute atomic E-state index is 14.5. The number of phenolic OH excluding ortho intramolecular Hbond substituents is 1. The minimum Gasteiger partial charge on any atom is -0.504 e. The number of methoxy groups -OCH3 is 1. The van der Waals surface area contributed by atoms with Gasteiger partial charge in [0.15, 0.2) is 11.5 Å². The van der Waals surface area contributed by atoms with Crippen molar-refractivity contribution in [2.75, 3.05) is 25.1 Å². The topological polar surface area (TPSA) is 53.0 Å². The van der Waals surface area contributed by atoms with Gasteiger partial charge in [-0.3, -0.25) is 9.69 Å². The van der Waals surface area contributed by atoms with Crippen molar-refractivity contribution in [3.05, 3.63) is 89.2 Å². The van der Waals surface area contributed by atoms with Crippen LogP contribution in [0.2, 0.25) is 0 Å². The number of amides is 1. The number of aromatic hydroxyl groups is 1. The van der Waals surface area contributed by atoms with Crippen molar-refractivity contribution < 1.29 is 19.0 Å². The van der Waals surface area contributed by atoms with Gasteiger partial charge in [0.1, 0.15) is 5.82 Å². The van der Waals surface area contributed by atoms with Gasteiger partial charge in [-0.25, -0.2) is 4.39 Å². The van der Waals surface area contributed by atoms with E-state index >= 15 is 0 Å². The van der Waals surface area contributed by atoms with Crippen LogP contribution >= 0.6 is 0 Å². The van der Waals surface area contributed by atoms with Crippen molar-refractivity contribution in [1.82, 2.24) is 4.90 Å². The van der Waals surface area contributed by atoms with Gasteiger partial charge in [0.05, 0.1) is 12.7 Å². The number of nitrogens with zero attached hydrogens (tertiary/aromatic N) is 2. The molecule has 33 heavy (non-hydrogen) atoms. The van der Waals surface area contributed by atoms with E-state index in [9.17, 15) is 14.3 Å². The van der Waals surface area contributed by atoms with E-state index in [2.05, 4.69) is 4.90 Å². The summed E-state index contributed by atoms with van der Waals surface area (Å²) < 4.78 is 19.7. The van der Waals surface area contributed by atoms with Crippen LogP contribution in [-0.4, -0.2) is 42.2 Å². The maximum Gasteiger partial charge on any atom is 0.261 e. The fourth-order valence-electron chi connectivity index (χ4n) is 4.40. The highest BCUT2D eigenvalue weighted by molar-refractivity contribution is 6.06. The van der Waals surface area contributed by atoms with E-state index in [0.29, 0.717) is 12.3 Å². The smallest absolute Gasteiger partial charge is 0.261 e. The van der Waals surface area contributed by atoms with E-state index in [-0.39, 0.29) is 23.3 Å². The van der Waals surface area contributed by atoms with Gasteiger partial charge in [0.25, 0.3) is 5.91 Å². The maximum atomic E-state index is 14.5. The van der Waals surface area contributed by atoms with E-state index in [0.717, 1.165) is 42.7 Å². The zero-order valence-corrected chi connectivity index (χ0v) is 19.0. The highest BCUT2D eigenvalue weighted by Gasteiger charge is 2.31. The molecule has 1 heterocycles. The molecule has 0 spiro atoms. The Kier molecular flexibility index (Phi) is 6.94. The number of hydrogen-bond donors (Lipinski definition) is 1. The predicted octanol–water partition coefficient (Wildman–Crippen LogP) is 5.16. The lowest BCUT2D eigenvalue weighted by atomic mass is 9.99. The van der Waals surface area contributed by atoms with Crippen LogP contribution in [0.15, 0.2) is 66.7 Å². The number of piperidine rings is 1. The van der Waals surface area contributed by atoms with Gasteiger partial charge in [-0.05, 0) is 50.1 Å². The summed E-state index contributed by atoms with van der Waals surface area (Å²) in [5, 5.41) is 10.4. The average Bonchev–Trinajstić information content (AvgIpc) is 2.83. The van der Waals surface area contributed by atoms with Crippen molar-refractivity contribution in [3.63, 3.8) is 0 Å². The van der Waals surface area contributed by atoms with E-state index in [1.54, 1.807) is 29.2 Å². The van der Waals surface area contributed by atoms with Crippen LogP contribution in [0.25, 0.3) is 0 Å². The normalized spacial score (nSPS) is 14.8. The fraction of sp³-hybridized carbons (Fsp3) is 0.296. The number of carbonyl (C=O) groups is 1. The molecule has 0 bridgehead atoms. The molecule has 4 rings (SSSR count). The van der Waals surface area contributed by atoms with Crippen LogP contribution in [0, 0.1) is 12.7 Å². The third kappa shape index (κ3) is 5.01. The SMILES string of the molecule is COc1cccc(CN2CCC(N(C(=O)c3ccccc3F)c3ccc(C)cc3)CC2)c1O. The molecule has 0 atom stereocenters. The lowest BCUT2D eigenvalue weighted by Crippen LogP contribution is -2.47. The van der Waals surface area contributed by atoms with E-state index in [1.165, 1.54) is 13.2 Å². The largest absolute Gasteiger partial charge is 0.504 e. The van der Waals surface area contributed by atoms with Gasteiger partial charge < -0.3 is 14.7 Å². The second-order valence-electron chi connectivity index (χ2n) is 8.47. The summed E-state index contributed by atoms with van der Waals surface area (Å²) in [5.74, 6) is -0.201. The number of carbonyl (C=O) groups excluding carboxylic acids is 1. The summed E-state index contributed by atoms with van der Waals surface area (Å²) in [6.07, 6.45) is 1.50. The Morgan fingerprint density at radius 3 is 2.42 bits per heavy atom. The van der Waals surface area contributed by atoms with Crippen molar-refractivity contribution in [3.8, 4) is 11.5 Å². The summed E-state index contributed by atoms with van der Waals surface area (Å²) in [7, 11) is 1.54. The summed E-state index contributed by atoms with van der Waals surface area (Å²) >= 11 is 0.